The van der Waals surface area contributed by atoms with E-state index in [2.05, 4.69) is 10.2 Å². The molecule has 0 amide bonds. The summed E-state index contributed by atoms with van der Waals surface area (Å²) in [5.74, 6) is 0.304. The van der Waals surface area contributed by atoms with Gasteiger partial charge in [0.2, 0.25) is 0 Å². The molecule has 6 heteroatoms. The van der Waals surface area contributed by atoms with E-state index in [0.29, 0.717) is 10.9 Å². The maximum absolute atomic E-state index is 10.8. The average molecular weight is 170 g/mol. The summed E-state index contributed by atoms with van der Waals surface area (Å²) < 4.78 is 1.36. The van der Waals surface area contributed by atoms with Crippen LogP contribution in [0.2, 0.25) is 0 Å². The van der Waals surface area contributed by atoms with E-state index in [1.165, 1.54) is 16.3 Å². The number of H-pyrrole nitrogens is 1. The van der Waals surface area contributed by atoms with Gasteiger partial charge in [0.1, 0.15) is 0 Å². The third-order valence-electron chi connectivity index (χ3n) is 1.10. The Morgan fingerprint density at radius 1 is 1.91 bits per heavy atom. The first-order valence-electron chi connectivity index (χ1n) is 2.87. The third-order valence-corrected chi connectivity index (χ3v) is 2.00. The fraction of sp³-hybridized carbons (Fsp3) is 0.400. The lowest BCUT2D eigenvalue weighted by Crippen LogP contribution is -2.12. The summed E-state index contributed by atoms with van der Waals surface area (Å²) in [7, 11) is 1.60. The fourth-order valence-corrected chi connectivity index (χ4v) is 1.14. The van der Waals surface area contributed by atoms with Crippen molar-refractivity contribution in [2.24, 2.45) is 7.05 Å². The van der Waals surface area contributed by atoms with Crippen molar-refractivity contribution in [2.45, 2.75) is 5.16 Å². The fourth-order valence-electron chi connectivity index (χ4n) is 0.558. The molecule has 11 heavy (non-hydrogen) atoms. The Morgan fingerprint density at radius 3 is 3.09 bits per heavy atom. The number of nitriles is 1. The Hall–Kier alpha value is -1.22. The minimum absolute atomic E-state index is 0.259. The summed E-state index contributed by atoms with van der Waals surface area (Å²) in [6, 6.07) is 1.95. The molecule has 5 nitrogen and oxygen atoms in total. The van der Waals surface area contributed by atoms with Gasteiger partial charge < -0.3 is 0 Å². The van der Waals surface area contributed by atoms with Gasteiger partial charge in [0.05, 0.1) is 11.8 Å². The van der Waals surface area contributed by atoms with Gasteiger partial charge in [-0.15, -0.1) is 5.10 Å². The van der Waals surface area contributed by atoms with Crippen LogP contribution in [-0.4, -0.2) is 20.5 Å². The van der Waals surface area contributed by atoms with E-state index in [4.69, 9.17) is 5.26 Å². The Morgan fingerprint density at radius 2 is 2.64 bits per heavy atom. The van der Waals surface area contributed by atoms with E-state index in [1.54, 1.807) is 7.05 Å². The van der Waals surface area contributed by atoms with E-state index in [9.17, 15) is 4.79 Å². The molecular formula is C5H6N4OS. The molecule has 58 valence electrons. The van der Waals surface area contributed by atoms with Gasteiger partial charge in [0.25, 0.3) is 0 Å². The van der Waals surface area contributed by atoms with Crippen LogP contribution in [0.15, 0.2) is 9.95 Å². The molecule has 0 atom stereocenters. The van der Waals surface area contributed by atoms with Crippen molar-refractivity contribution in [3.63, 3.8) is 0 Å². The molecule has 0 aliphatic carbocycles. The van der Waals surface area contributed by atoms with Gasteiger partial charge in [-0.05, 0) is 0 Å². The molecule has 1 rings (SSSR count). The Balaban J connectivity index is 2.81. The van der Waals surface area contributed by atoms with Gasteiger partial charge in [0, 0.05) is 7.05 Å². The van der Waals surface area contributed by atoms with Crippen LogP contribution in [0.4, 0.5) is 0 Å². The number of aromatic amines is 1. The summed E-state index contributed by atoms with van der Waals surface area (Å²) in [6.45, 7) is 0. The number of rotatable bonds is 2. The SMILES string of the molecule is Cn1c(SCC#N)n[nH]c1=O. The van der Waals surface area contributed by atoms with Crippen LogP contribution in [0.3, 0.4) is 0 Å². The third kappa shape index (κ3) is 1.62. The normalized spacial score (nSPS) is 9.45. The predicted molar refractivity (Wildman–Crippen MR) is 40.2 cm³/mol. The van der Waals surface area contributed by atoms with E-state index in [-0.39, 0.29) is 5.69 Å². The van der Waals surface area contributed by atoms with Crippen LogP contribution in [0.5, 0.6) is 0 Å². The van der Waals surface area contributed by atoms with Gasteiger partial charge in [-0.1, -0.05) is 11.8 Å². The van der Waals surface area contributed by atoms with Gasteiger partial charge >= 0.3 is 5.69 Å². The van der Waals surface area contributed by atoms with Crippen LogP contribution in [0.1, 0.15) is 0 Å². The molecule has 0 bridgehead atoms. The second-order valence-corrected chi connectivity index (χ2v) is 2.76. The molecule has 0 aromatic carbocycles. The van der Waals surface area contributed by atoms with E-state index >= 15 is 0 Å². The average Bonchev–Trinajstić information content (AvgIpc) is 2.31. The Kier molecular flexibility index (Phi) is 2.33. The molecule has 1 aromatic rings. The summed E-state index contributed by atoms with van der Waals surface area (Å²) in [5, 5.41) is 14.7. The van der Waals surface area contributed by atoms with Crippen LogP contribution >= 0.6 is 11.8 Å². The standard InChI is InChI=1S/C5H6N4OS/c1-9-4(10)7-8-5(9)11-3-2-6/h3H2,1H3,(H,7,10). The topological polar surface area (TPSA) is 74.5 Å². The molecule has 0 aliphatic rings. The van der Waals surface area contributed by atoms with Crippen molar-refractivity contribution in [2.75, 3.05) is 5.75 Å². The van der Waals surface area contributed by atoms with Gasteiger partial charge in [-0.25, -0.2) is 9.89 Å². The second-order valence-electron chi connectivity index (χ2n) is 1.82. The minimum Gasteiger partial charge on any atom is -0.273 e. The van der Waals surface area contributed by atoms with E-state index in [0.717, 1.165) is 0 Å². The molecule has 0 fully saturated rings. The van der Waals surface area contributed by atoms with Crippen molar-refractivity contribution in [1.82, 2.24) is 14.8 Å². The van der Waals surface area contributed by atoms with Gasteiger partial charge in [0.15, 0.2) is 5.16 Å². The molecule has 0 saturated heterocycles. The highest BCUT2D eigenvalue weighted by molar-refractivity contribution is 7.99. The van der Waals surface area contributed by atoms with Crippen molar-refractivity contribution in [3.8, 4) is 6.07 Å². The van der Waals surface area contributed by atoms with Crippen LogP contribution in [0, 0.1) is 11.3 Å². The number of nitrogens with zero attached hydrogens (tertiary/aromatic N) is 3. The summed E-state index contributed by atoms with van der Waals surface area (Å²) >= 11 is 1.23. The number of hydrogen-bond acceptors (Lipinski definition) is 4. The minimum atomic E-state index is -0.259. The van der Waals surface area contributed by atoms with Crippen molar-refractivity contribution in [3.05, 3.63) is 10.5 Å². The Labute approximate surface area is 67.0 Å². The molecule has 0 aliphatic heterocycles. The van der Waals surface area contributed by atoms with Crippen LogP contribution < -0.4 is 5.69 Å². The first-order valence-corrected chi connectivity index (χ1v) is 3.85. The zero-order valence-electron chi connectivity index (χ0n) is 5.87. The molecular weight excluding hydrogens is 164 g/mol. The molecule has 1 aromatic heterocycles. The quantitative estimate of drug-likeness (QED) is 0.620. The molecule has 0 spiro atoms. The molecule has 0 saturated carbocycles. The molecule has 0 unspecified atom stereocenters. The lowest BCUT2D eigenvalue weighted by atomic mass is 10.9. The monoisotopic (exact) mass is 170 g/mol. The van der Waals surface area contributed by atoms with Gasteiger partial charge in [-0.2, -0.15) is 5.26 Å². The van der Waals surface area contributed by atoms with E-state index < -0.39 is 0 Å². The smallest absolute Gasteiger partial charge is 0.273 e. The summed E-state index contributed by atoms with van der Waals surface area (Å²) in [6.07, 6.45) is 0. The van der Waals surface area contributed by atoms with Crippen LogP contribution in [0.25, 0.3) is 0 Å². The van der Waals surface area contributed by atoms with Crippen molar-refractivity contribution in [1.29, 1.82) is 5.26 Å². The first kappa shape index (κ1) is 7.88. The maximum Gasteiger partial charge on any atom is 0.343 e. The molecule has 1 N–H and O–H groups in total. The largest absolute Gasteiger partial charge is 0.343 e. The molecule has 1 heterocycles. The van der Waals surface area contributed by atoms with Gasteiger partial charge in [-0.3, -0.25) is 4.57 Å². The highest BCUT2D eigenvalue weighted by Crippen LogP contribution is 2.09. The molecule has 0 radical (unpaired) electrons. The second kappa shape index (κ2) is 3.25. The number of thioether (sulfide) groups is 1. The predicted octanol–water partition coefficient (Wildman–Crippen LogP) is -0.276. The maximum atomic E-state index is 10.8. The van der Waals surface area contributed by atoms with E-state index in [1.807, 2.05) is 6.07 Å². The number of hydrogen-bond donors (Lipinski definition) is 1. The summed E-state index contributed by atoms with van der Waals surface area (Å²) in [5.41, 5.74) is -0.259. The van der Waals surface area contributed by atoms with Crippen molar-refractivity contribution >= 4 is 11.8 Å². The summed E-state index contributed by atoms with van der Waals surface area (Å²) in [4.78, 5) is 10.8. The number of aromatic nitrogens is 3. The Bertz CT molecular complexity index is 333. The highest BCUT2D eigenvalue weighted by Gasteiger charge is 2.02. The van der Waals surface area contributed by atoms with Crippen molar-refractivity contribution < 1.29 is 0 Å². The van der Waals surface area contributed by atoms with Crippen LogP contribution in [-0.2, 0) is 7.05 Å². The zero-order chi connectivity index (χ0) is 8.27. The lowest BCUT2D eigenvalue weighted by Gasteiger charge is -1.91. The first-order chi connectivity index (χ1) is 5.25. The highest BCUT2D eigenvalue weighted by atomic mass is 32.2. The lowest BCUT2D eigenvalue weighted by molar-refractivity contribution is 0.766. The number of nitrogens with one attached hydrogen (secondary N) is 1. The zero-order valence-corrected chi connectivity index (χ0v) is 6.68.